The number of alkyl halides is 4. The molecule has 8 rings (SSSR count). The van der Waals surface area contributed by atoms with Crippen molar-refractivity contribution in [1.29, 1.82) is 0 Å². The van der Waals surface area contributed by atoms with E-state index in [1.54, 1.807) is 18.7 Å². The molecule has 4 aromatic rings. The lowest BCUT2D eigenvalue weighted by atomic mass is 9.83. The van der Waals surface area contributed by atoms with Gasteiger partial charge in [-0.2, -0.15) is 0 Å². The predicted molar refractivity (Wildman–Crippen MR) is 214 cm³/mol. The smallest absolute Gasteiger partial charge is 0.477 e. The van der Waals surface area contributed by atoms with E-state index in [1.807, 2.05) is 0 Å². The molecule has 2 saturated carbocycles. The molecule has 21 heteroatoms. The number of nitrogens with one attached hydrogen (secondary N) is 1. The maximum Gasteiger partial charge on any atom is 0.798 e. The van der Waals surface area contributed by atoms with Crippen molar-refractivity contribution in [1.82, 2.24) is 14.5 Å². The van der Waals surface area contributed by atoms with Crippen molar-refractivity contribution in [2.45, 2.75) is 77.4 Å². The van der Waals surface area contributed by atoms with Gasteiger partial charge in [-0.05, 0) is 43.9 Å². The number of pyridine rings is 2. The maximum absolute atomic E-state index is 15.1. The van der Waals surface area contributed by atoms with E-state index in [2.05, 4.69) is 23.8 Å². The first-order valence-corrected chi connectivity index (χ1v) is 19.7. The Bertz CT molecular complexity index is 2550. The number of hydrogen-bond acceptors (Lipinski definition) is 8. The highest BCUT2D eigenvalue weighted by Gasteiger charge is 2.44. The van der Waals surface area contributed by atoms with Crippen LogP contribution in [0.2, 0.25) is 0 Å². The summed E-state index contributed by atoms with van der Waals surface area (Å²) in [5, 5.41) is 12.0. The van der Waals surface area contributed by atoms with Gasteiger partial charge in [-0.1, -0.05) is 13.8 Å². The van der Waals surface area contributed by atoms with Crippen LogP contribution in [-0.4, -0.2) is 91.1 Å². The largest absolute Gasteiger partial charge is 0.798 e. The predicted octanol–water partition coefficient (Wildman–Crippen LogP) is 6.71. The number of carboxylic acids is 1. The summed E-state index contributed by atoms with van der Waals surface area (Å²) >= 11 is 0. The number of aromatic carboxylic acids is 1. The summed E-state index contributed by atoms with van der Waals surface area (Å²) in [7, 11) is -3.46. The number of aryl methyl sites for hydroxylation is 2. The number of anilines is 1. The molecule has 2 aliphatic heterocycles. The highest BCUT2D eigenvalue weighted by Crippen LogP contribution is 2.44. The fraction of sp³-hybridized carbons (Fsp3) is 0.512. The number of aromatic nitrogens is 2. The molecule has 2 saturated heterocycles. The molecule has 336 valence electrons. The topological polar surface area (TPSA) is 149 Å². The number of carbonyl (C=O) groups is 2. The van der Waals surface area contributed by atoms with E-state index in [1.165, 1.54) is 11.5 Å². The van der Waals surface area contributed by atoms with Crippen LogP contribution in [0.25, 0.3) is 21.8 Å². The van der Waals surface area contributed by atoms with Crippen molar-refractivity contribution < 1.29 is 58.7 Å². The summed E-state index contributed by atoms with van der Waals surface area (Å²) < 4.78 is 126. The van der Waals surface area contributed by atoms with Gasteiger partial charge in [0.2, 0.25) is 10.9 Å². The van der Waals surface area contributed by atoms with Crippen molar-refractivity contribution in [2.75, 3.05) is 44.4 Å². The fourth-order valence-electron chi connectivity index (χ4n) is 8.29. The van der Waals surface area contributed by atoms with E-state index >= 15 is 4.39 Å². The molecule has 4 N–H and O–H groups in total. The van der Waals surface area contributed by atoms with Crippen LogP contribution in [0.4, 0.5) is 45.1 Å². The Morgan fingerprint density at radius 2 is 1.37 bits per heavy atom. The number of halogens is 9. The number of fused-ring (bicyclic) bond motifs is 2. The van der Waals surface area contributed by atoms with E-state index < -0.39 is 107 Å². The van der Waals surface area contributed by atoms with E-state index in [4.69, 9.17) is 5.73 Å². The number of nitrogens with two attached hydrogens (primary N) is 1. The molecule has 0 amide bonds. The average Bonchev–Trinajstić information content (AvgIpc) is 4.04. The minimum atomic E-state index is -3.46. The normalized spacial score (nSPS) is 25.8. The van der Waals surface area contributed by atoms with Crippen LogP contribution < -0.4 is 26.8 Å². The van der Waals surface area contributed by atoms with Crippen molar-refractivity contribution in [3.8, 4) is 0 Å². The molecule has 2 aliphatic carbocycles. The van der Waals surface area contributed by atoms with Gasteiger partial charge in [-0.15, -0.1) is 0 Å². The lowest BCUT2D eigenvalue weighted by Crippen LogP contribution is -2.45. The molecular formula is C41H45BF9N5O6. The minimum absolute atomic E-state index is 0.0414. The number of carbonyl (C=O) groups excluding carboxylic acids is 1. The zero-order valence-electron chi connectivity index (χ0n) is 34.3. The van der Waals surface area contributed by atoms with E-state index in [9.17, 15) is 59.3 Å². The molecule has 4 aliphatic rings. The number of carboxylic acid groups (broad SMARTS) is 1. The van der Waals surface area contributed by atoms with Crippen LogP contribution >= 0.6 is 0 Å². The summed E-state index contributed by atoms with van der Waals surface area (Å²) in [5.41, 5.74) is 2.79. The van der Waals surface area contributed by atoms with Crippen molar-refractivity contribution >= 4 is 46.9 Å². The molecule has 0 bridgehead atoms. The molecule has 62 heavy (non-hydrogen) atoms. The Hall–Kier alpha value is -5.05. The second-order valence-electron chi connectivity index (χ2n) is 17.3. The zero-order valence-corrected chi connectivity index (χ0v) is 34.3. The van der Waals surface area contributed by atoms with Gasteiger partial charge in [0.15, 0.2) is 11.6 Å². The standard InChI is InChI=1S/C20H22F3N3O3.C14H9BF5NO3.C7H14FN/c1-9-16-11(18(27)12(19(28)29)7-26(16)15-4-13(15)22)3-14(23)17(9)25-6-10(5-21)20(2,24)8-25;1-5-11(18)9(17)2-6-12(5)21(10-3-8(10)16)4-7(13(6)22)14(23)24-15(19)20;1-7(2)5-9-4-6(7)3-8/h3,7,10,13,15H,4-6,8,24H2,1-2H3,(H,28,29);2,4,8,10H,3H2,1H3;6,9H,3-5H2,1-2H3/t10-,13-,15+,20+;8-,10+;6-/m000/s1. The second-order valence-corrected chi connectivity index (χ2v) is 17.3. The Morgan fingerprint density at radius 1 is 0.871 bits per heavy atom. The Morgan fingerprint density at radius 3 is 1.81 bits per heavy atom. The molecule has 0 radical (unpaired) electrons. The Balaban J connectivity index is 0.000000175. The molecule has 11 nitrogen and oxygen atoms in total. The molecule has 0 unspecified atom stereocenters. The van der Waals surface area contributed by atoms with E-state index in [0.29, 0.717) is 17.1 Å². The van der Waals surface area contributed by atoms with Crippen LogP contribution in [0.3, 0.4) is 0 Å². The monoisotopic (exact) mass is 885 g/mol. The first-order valence-electron chi connectivity index (χ1n) is 19.7. The summed E-state index contributed by atoms with van der Waals surface area (Å²) in [6.45, 7) is 10.1. The molecule has 4 fully saturated rings. The zero-order chi connectivity index (χ0) is 45.9. The van der Waals surface area contributed by atoms with Crippen molar-refractivity contribution in [3.63, 3.8) is 0 Å². The number of nitrogens with zero attached hydrogens (tertiary/aromatic N) is 3. The Labute approximate surface area is 349 Å². The first kappa shape index (κ1) is 46.5. The molecule has 4 heterocycles. The quantitative estimate of drug-likeness (QED) is 0.130. The van der Waals surface area contributed by atoms with Crippen molar-refractivity contribution in [2.24, 2.45) is 23.0 Å². The molecule has 7 atom stereocenters. The van der Waals surface area contributed by atoms with E-state index in [0.717, 1.165) is 36.1 Å². The highest BCUT2D eigenvalue weighted by atomic mass is 19.2. The third kappa shape index (κ3) is 8.78. The van der Waals surface area contributed by atoms with Crippen LogP contribution in [0.5, 0.6) is 0 Å². The van der Waals surface area contributed by atoms with Crippen LogP contribution in [0, 0.1) is 48.5 Å². The fourth-order valence-corrected chi connectivity index (χ4v) is 8.29. The number of rotatable bonds is 8. The van der Waals surface area contributed by atoms with Gasteiger partial charge in [0, 0.05) is 85.1 Å². The maximum atomic E-state index is 15.1. The van der Waals surface area contributed by atoms with Crippen LogP contribution in [0.15, 0.2) is 34.1 Å². The molecular weight excluding hydrogens is 840 g/mol. The SMILES string of the molecule is CC1(C)CNC[C@@H]1CF.Cc1c(F)c(F)cc2c(=O)c(C(=O)OB(F)F)cn([C@@H]3C[C@@H]3F)c12.Cc1c(N2C[C@H](CF)[C@](C)(N)C2)c(F)cc2c(=O)c(C(=O)O)cn([C@@H]3C[C@@H]3F)c12. The van der Waals surface area contributed by atoms with Crippen LogP contribution in [-0.2, 0) is 4.65 Å². The molecule has 2 aromatic carbocycles. The van der Waals surface area contributed by atoms with E-state index in [-0.39, 0.29) is 66.1 Å². The van der Waals surface area contributed by atoms with Gasteiger partial charge in [0.1, 0.15) is 29.3 Å². The van der Waals surface area contributed by atoms with Gasteiger partial charge in [-0.25, -0.2) is 40.2 Å². The molecule has 2 aromatic heterocycles. The molecule has 0 spiro atoms. The lowest BCUT2D eigenvalue weighted by Gasteiger charge is -2.26. The number of benzene rings is 2. The first-order chi connectivity index (χ1) is 28.9. The van der Waals surface area contributed by atoms with Crippen LogP contribution in [0.1, 0.15) is 77.5 Å². The number of hydrogen-bond donors (Lipinski definition) is 3. The third-order valence-electron chi connectivity index (χ3n) is 12.3. The van der Waals surface area contributed by atoms with Gasteiger partial charge in [0.05, 0.1) is 42.2 Å². The summed E-state index contributed by atoms with van der Waals surface area (Å²) in [4.78, 5) is 49.7. The Kier molecular flexibility index (Phi) is 12.9. The summed E-state index contributed by atoms with van der Waals surface area (Å²) in [6, 6.07) is 0.153. The second kappa shape index (κ2) is 17.3. The van der Waals surface area contributed by atoms with Crippen molar-refractivity contribution in [3.05, 3.63) is 84.7 Å². The van der Waals surface area contributed by atoms with Gasteiger partial charge >= 0.3 is 19.4 Å². The summed E-state index contributed by atoms with van der Waals surface area (Å²) in [5.74, 6) is -6.59. The van der Waals surface area contributed by atoms with Gasteiger partial charge < -0.3 is 34.8 Å². The third-order valence-corrected chi connectivity index (χ3v) is 12.3. The average molecular weight is 886 g/mol. The summed E-state index contributed by atoms with van der Waals surface area (Å²) in [6.07, 6.45) is -0.248. The van der Waals surface area contributed by atoms with Gasteiger partial charge in [0.25, 0.3) is 0 Å². The van der Waals surface area contributed by atoms with Gasteiger partial charge in [-0.3, -0.25) is 18.4 Å². The highest BCUT2D eigenvalue weighted by molar-refractivity contribution is 6.38. The lowest BCUT2D eigenvalue weighted by molar-refractivity contribution is 0.0682. The minimum Gasteiger partial charge on any atom is -0.477 e.